The predicted molar refractivity (Wildman–Crippen MR) is 92.1 cm³/mol. The van der Waals surface area contributed by atoms with Gasteiger partial charge in [-0.3, -0.25) is 4.79 Å². The summed E-state index contributed by atoms with van der Waals surface area (Å²) >= 11 is 0. The van der Waals surface area contributed by atoms with Crippen LogP contribution in [0.3, 0.4) is 0 Å². The summed E-state index contributed by atoms with van der Waals surface area (Å²) < 4.78 is 5.56. The maximum absolute atomic E-state index is 12.1. The van der Waals surface area contributed by atoms with Crippen molar-refractivity contribution in [1.82, 2.24) is 10.2 Å². The van der Waals surface area contributed by atoms with Gasteiger partial charge >= 0.3 is 0 Å². The van der Waals surface area contributed by atoms with Crippen LogP contribution in [0.25, 0.3) is 10.8 Å². The number of rotatable bonds is 4. The highest BCUT2D eigenvalue weighted by atomic mass is 16.5. The summed E-state index contributed by atoms with van der Waals surface area (Å²) in [5.74, 6) is 0.167. The quantitative estimate of drug-likeness (QED) is 0.802. The van der Waals surface area contributed by atoms with Crippen LogP contribution in [0.1, 0.15) is 17.5 Å². The Morgan fingerprint density at radius 1 is 1.12 bits per heavy atom. The Morgan fingerprint density at radius 3 is 2.96 bits per heavy atom. The van der Waals surface area contributed by atoms with Crippen LogP contribution in [0, 0.1) is 0 Å². The first kappa shape index (κ1) is 14.6. The third kappa shape index (κ3) is 2.93. The minimum Gasteiger partial charge on any atom is -0.466 e. The van der Waals surface area contributed by atoms with E-state index in [4.69, 9.17) is 4.74 Å². The zero-order valence-corrected chi connectivity index (χ0v) is 13.2. The molecule has 3 aromatic rings. The molecule has 1 aromatic heterocycles. The molecule has 0 saturated carbocycles. The van der Waals surface area contributed by atoms with E-state index in [9.17, 15) is 4.79 Å². The number of amides is 1. The summed E-state index contributed by atoms with van der Waals surface area (Å²) in [7, 11) is 0. The summed E-state index contributed by atoms with van der Waals surface area (Å²) in [5.41, 5.74) is 3.53. The number of fused-ring (bicyclic) bond motifs is 2. The van der Waals surface area contributed by atoms with E-state index in [0.29, 0.717) is 5.88 Å². The molecular weight excluding hydrogens is 302 g/mol. The largest absolute Gasteiger partial charge is 0.466 e. The first-order valence-electron chi connectivity index (χ1n) is 8.04. The van der Waals surface area contributed by atoms with Crippen LogP contribution >= 0.6 is 0 Å². The molecule has 1 amide bonds. The van der Waals surface area contributed by atoms with E-state index in [1.54, 1.807) is 6.20 Å². The third-order valence-electron chi connectivity index (χ3n) is 4.26. The molecule has 0 unspecified atom stereocenters. The number of aromatic nitrogens is 2. The number of hydrogen-bond acceptors (Lipinski definition) is 4. The molecule has 0 fully saturated rings. The molecule has 1 heterocycles. The Bertz CT molecular complexity index is 903. The lowest BCUT2D eigenvalue weighted by Crippen LogP contribution is -2.20. The van der Waals surface area contributed by atoms with E-state index in [2.05, 4.69) is 27.6 Å². The molecule has 4 rings (SSSR count). The molecule has 0 bridgehead atoms. The summed E-state index contributed by atoms with van der Waals surface area (Å²) in [5, 5.41) is 12.5. The van der Waals surface area contributed by atoms with Crippen LogP contribution in [-0.4, -0.2) is 22.7 Å². The van der Waals surface area contributed by atoms with Gasteiger partial charge in [0.15, 0.2) is 6.61 Å². The van der Waals surface area contributed by atoms with Gasteiger partial charge in [0.05, 0.1) is 6.20 Å². The van der Waals surface area contributed by atoms with Crippen molar-refractivity contribution in [2.75, 3.05) is 11.9 Å². The van der Waals surface area contributed by atoms with Gasteiger partial charge < -0.3 is 10.1 Å². The van der Waals surface area contributed by atoms with Crippen LogP contribution in [0.4, 0.5) is 5.69 Å². The van der Waals surface area contributed by atoms with Crippen molar-refractivity contribution in [3.63, 3.8) is 0 Å². The number of nitrogens with zero attached hydrogens (tertiary/aromatic N) is 2. The van der Waals surface area contributed by atoms with Gasteiger partial charge in [0.1, 0.15) is 0 Å². The number of benzene rings is 2. The van der Waals surface area contributed by atoms with Gasteiger partial charge in [-0.2, -0.15) is 5.10 Å². The standard InChI is InChI=1S/C19H17N3O2/c23-18(21-16-9-8-13-5-3-6-14(13)10-16)12-24-19-17-7-2-1-4-15(17)11-20-22-19/h1-2,4,7-11H,3,5-6,12H2,(H,21,23). The third-order valence-corrected chi connectivity index (χ3v) is 4.26. The average Bonchev–Trinajstić information content (AvgIpc) is 3.07. The number of ether oxygens (including phenoxy) is 1. The summed E-state index contributed by atoms with van der Waals surface area (Å²) in [4.78, 5) is 12.1. The molecule has 1 N–H and O–H groups in total. The van der Waals surface area contributed by atoms with E-state index in [-0.39, 0.29) is 12.5 Å². The molecule has 0 saturated heterocycles. The fourth-order valence-electron chi connectivity index (χ4n) is 3.09. The zero-order chi connectivity index (χ0) is 16.4. The normalized spacial score (nSPS) is 12.8. The molecule has 5 nitrogen and oxygen atoms in total. The maximum atomic E-state index is 12.1. The first-order valence-corrected chi connectivity index (χ1v) is 8.04. The first-order chi connectivity index (χ1) is 11.8. The lowest BCUT2D eigenvalue weighted by atomic mass is 10.1. The molecule has 1 aliphatic rings. The van der Waals surface area contributed by atoms with Gasteiger partial charge in [-0.05, 0) is 48.6 Å². The predicted octanol–water partition coefficient (Wildman–Crippen LogP) is 3.14. The van der Waals surface area contributed by atoms with Crippen molar-refractivity contribution in [3.05, 3.63) is 59.8 Å². The number of carbonyl (C=O) groups is 1. The van der Waals surface area contributed by atoms with E-state index >= 15 is 0 Å². The van der Waals surface area contributed by atoms with Crippen molar-refractivity contribution in [2.24, 2.45) is 0 Å². The molecular formula is C19H17N3O2. The van der Waals surface area contributed by atoms with Crippen molar-refractivity contribution >= 4 is 22.4 Å². The minimum atomic E-state index is -0.206. The second-order valence-corrected chi connectivity index (χ2v) is 5.91. The molecule has 5 heteroatoms. The molecule has 120 valence electrons. The van der Waals surface area contributed by atoms with E-state index < -0.39 is 0 Å². The number of carbonyl (C=O) groups excluding carboxylic acids is 1. The molecule has 24 heavy (non-hydrogen) atoms. The van der Waals surface area contributed by atoms with E-state index in [1.807, 2.05) is 30.3 Å². The van der Waals surface area contributed by atoms with Crippen molar-refractivity contribution < 1.29 is 9.53 Å². The Labute approximate surface area is 139 Å². The highest BCUT2D eigenvalue weighted by Gasteiger charge is 2.12. The highest BCUT2D eigenvalue weighted by Crippen LogP contribution is 2.25. The van der Waals surface area contributed by atoms with Gasteiger partial charge in [-0.25, -0.2) is 0 Å². The van der Waals surface area contributed by atoms with Gasteiger partial charge in [-0.1, -0.05) is 24.3 Å². The van der Waals surface area contributed by atoms with Crippen LogP contribution in [0.15, 0.2) is 48.7 Å². The highest BCUT2D eigenvalue weighted by molar-refractivity contribution is 5.92. The fraction of sp³-hybridized carbons (Fsp3) is 0.211. The Morgan fingerprint density at radius 2 is 2.00 bits per heavy atom. The minimum absolute atomic E-state index is 0.0974. The lowest BCUT2D eigenvalue weighted by molar-refractivity contribution is -0.118. The second-order valence-electron chi connectivity index (χ2n) is 5.91. The number of aryl methyl sites for hydroxylation is 2. The van der Waals surface area contributed by atoms with Crippen LogP contribution in [0.2, 0.25) is 0 Å². The number of nitrogens with one attached hydrogen (secondary N) is 1. The number of anilines is 1. The van der Waals surface area contributed by atoms with Crippen molar-refractivity contribution in [3.8, 4) is 5.88 Å². The monoisotopic (exact) mass is 319 g/mol. The lowest BCUT2D eigenvalue weighted by Gasteiger charge is -2.09. The maximum Gasteiger partial charge on any atom is 0.262 e. The van der Waals surface area contributed by atoms with E-state index in [0.717, 1.165) is 29.3 Å². The molecule has 0 radical (unpaired) electrons. The molecule has 0 aliphatic heterocycles. The van der Waals surface area contributed by atoms with Crippen LogP contribution < -0.4 is 10.1 Å². The fourth-order valence-corrected chi connectivity index (χ4v) is 3.09. The Kier molecular flexibility index (Phi) is 3.83. The van der Waals surface area contributed by atoms with Gasteiger partial charge in [0, 0.05) is 16.5 Å². The summed E-state index contributed by atoms with van der Waals surface area (Å²) in [6.07, 6.45) is 5.08. The van der Waals surface area contributed by atoms with Gasteiger partial charge in [-0.15, -0.1) is 5.10 Å². The van der Waals surface area contributed by atoms with Crippen LogP contribution in [-0.2, 0) is 17.6 Å². The summed E-state index contributed by atoms with van der Waals surface area (Å²) in [6, 6.07) is 13.8. The average molecular weight is 319 g/mol. The van der Waals surface area contributed by atoms with Gasteiger partial charge in [0.2, 0.25) is 5.88 Å². The molecule has 1 aliphatic carbocycles. The van der Waals surface area contributed by atoms with E-state index in [1.165, 1.54) is 17.5 Å². The SMILES string of the molecule is O=C(COc1nncc2ccccc12)Nc1ccc2c(c1)CCC2. The van der Waals surface area contributed by atoms with Crippen molar-refractivity contribution in [1.29, 1.82) is 0 Å². The second kappa shape index (κ2) is 6.28. The van der Waals surface area contributed by atoms with Crippen molar-refractivity contribution in [2.45, 2.75) is 19.3 Å². The number of hydrogen-bond donors (Lipinski definition) is 1. The summed E-state index contributed by atoms with van der Waals surface area (Å²) in [6.45, 7) is -0.0974. The Hall–Kier alpha value is -2.95. The molecule has 2 aromatic carbocycles. The van der Waals surface area contributed by atoms with Gasteiger partial charge in [0.25, 0.3) is 5.91 Å². The smallest absolute Gasteiger partial charge is 0.262 e. The molecule has 0 atom stereocenters. The molecule has 0 spiro atoms. The van der Waals surface area contributed by atoms with Crippen LogP contribution in [0.5, 0.6) is 5.88 Å². The zero-order valence-electron chi connectivity index (χ0n) is 13.2. The topological polar surface area (TPSA) is 64.1 Å². The Balaban J connectivity index is 1.43.